The van der Waals surface area contributed by atoms with E-state index in [1.165, 1.54) is 267 Å². The van der Waals surface area contributed by atoms with Crippen LogP contribution in [-0.2, 0) is 0 Å². The second-order valence-electron chi connectivity index (χ2n) is 33.5. The number of hydrogen-bond donors (Lipinski definition) is 1. The Morgan fingerprint density at radius 3 is 1.02 bits per heavy atom. The summed E-state index contributed by atoms with van der Waals surface area (Å²) >= 11 is 0. The standard InChI is InChI=1S/C100H83B3N6/c1-51-31-57(7)91(58(8)32-51)67-43-80-93-88(44-67)105-81-29-19-17-23-69(81)71-25-21-27-73(99(71)105)101(93)75-47-76-83(49-79(75)104-80)107(96-61(11)35-53(3)36-62(96)12)86-41-56(6)42-87-94(86)103(76)78-48-77-84(50-85(78)108(87)97-63(13)37-54(4)38-64(97)14)109(98-65(15)39-55(5)40-66(98)16)90-46-68(92-59(9)33-52(2)34-60(92)10)45-89-95(90)102(77)74-28-22-26-72-70-24-18-20-30-82(70)106(89)100(72)74/h17-50,104H,1-16H3. The molecule has 9 heteroatoms. The number of aryl methyl sites for hydroxylation is 16. The lowest BCUT2D eigenvalue weighted by Gasteiger charge is -2.48. The van der Waals surface area contributed by atoms with E-state index in [1.54, 1.807) is 0 Å². The molecule has 8 heterocycles. The number of rotatable bonds is 5. The molecular weight excluding hydrogens is 1320 g/mol. The monoisotopic (exact) mass is 1400 g/mol. The quantitative estimate of drug-likeness (QED) is 0.174. The second kappa shape index (κ2) is 22.4. The molecule has 0 aliphatic carbocycles. The minimum Gasteiger partial charge on any atom is -0.356 e. The molecule has 0 unspecified atom stereocenters. The zero-order valence-corrected chi connectivity index (χ0v) is 65.1. The first kappa shape index (κ1) is 64.3. The number of nitrogens with one attached hydrogen (secondary N) is 1. The summed E-state index contributed by atoms with van der Waals surface area (Å²) in [6.45, 7) is 36.4. The lowest BCUT2D eigenvalue weighted by molar-refractivity contribution is 1.16. The summed E-state index contributed by atoms with van der Waals surface area (Å²) in [4.78, 5) is 8.19. The summed E-state index contributed by atoms with van der Waals surface area (Å²) < 4.78 is 5.27. The SMILES string of the molecule is Cc1cc(C)c(-c2cc3c4c(c2)-n2c5ccccc5c5cccc(c52)B4c2cc4c(cc2N3)N(c2c(C)cc(C)cc2C)c2cc(C)cc3c2B4c2cc4c(cc2N3c2c(C)cc(C)cc2C)N(c2c(C)cc(C)cc2C)c2cc(-c3c(C)cc(C)cc3C)cc3c2B4c2cccc4c5ccccc5n-3c24)c(C)c1. The lowest BCUT2D eigenvalue weighted by Crippen LogP contribution is -2.66. The van der Waals surface area contributed by atoms with E-state index >= 15 is 0 Å². The van der Waals surface area contributed by atoms with Crippen molar-refractivity contribution in [3.63, 3.8) is 0 Å². The fourth-order valence-corrected chi connectivity index (χ4v) is 22.7. The molecule has 0 radical (unpaired) electrons. The van der Waals surface area contributed by atoms with Gasteiger partial charge >= 0.3 is 0 Å². The van der Waals surface area contributed by atoms with Crippen molar-refractivity contribution in [3.05, 3.63) is 295 Å². The maximum absolute atomic E-state index is 4.36. The molecule has 0 fully saturated rings. The van der Waals surface area contributed by atoms with Gasteiger partial charge < -0.3 is 29.2 Å². The third-order valence-corrected chi connectivity index (χ3v) is 25.8. The third-order valence-electron chi connectivity index (χ3n) is 25.8. The normalized spacial score (nSPS) is 13.7. The average Bonchev–Trinajstić information content (AvgIpc) is 1.63. The van der Waals surface area contributed by atoms with Gasteiger partial charge in [0.25, 0.3) is 20.1 Å². The zero-order chi connectivity index (χ0) is 74.2. The fraction of sp³-hybridized carbons (Fsp3) is 0.160. The van der Waals surface area contributed by atoms with Crippen LogP contribution in [0.5, 0.6) is 0 Å². The van der Waals surface area contributed by atoms with Crippen LogP contribution in [0.25, 0.3) is 77.2 Å². The first-order chi connectivity index (χ1) is 52.7. The summed E-state index contributed by atoms with van der Waals surface area (Å²) in [5.41, 5.74) is 57.9. The molecule has 14 aromatic carbocycles. The van der Waals surface area contributed by atoms with Crippen molar-refractivity contribution < 1.29 is 0 Å². The van der Waals surface area contributed by atoms with Crippen LogP contribution >= 0.6 is 0 Å². The van der Waals surface area contributed by atoms with Crippen LogP contribution in [0.15, 0.2) is 206 Å². The maximum Gasteiger partial charge on any atom is 0.252 e. The number of nitrogens with zero attached hydrogens (tertiary/aromatic N) is 5. The Morgan fingerprint density at radius 2 is 0.569 bits per heavy atom. The summed E-state index contributed by atoms with van der Waals surface area (Å²) in [6, 6.07) is 82.6. The molecule has 6 nitrogen and oxygen atoms in total. The van der Waals surface area contributed by atoms with Crippen molar-refractivity contribution in [1.29, 1.82) is 0 Å². The van der Waals surface area contributed by atoms with Crippen molar-refractivity contribution in [3.8, 4) is 33.6 Å². The van der Waals surface area contributed by atoms with Gasteiger partial charge in [-0.05, 0) is 304 Å². The summed E-state index contributed by atoms with van der Waals surface area (Å²) in [5.74, 6) is 0. The Labute approximate surface area is 640 Å². The Hall–Kier alpha value is -11.9. The Morgan fingerprint density at radius 1 is 0.239 bits per heavy atom. The number of fused-ring (bicyclic) bond motifs is 18. The summed E-state index contributed by atoms with van der Waals surface area (Å²) in [6.07, 6.45) is 0. The van der Waals surface area contributed by atoms with E-state index in [0.717, 1.165) is 11.4 Å². The molecule has 16 aromatic rings. The number of anilines is 11. The van der Waals surface area contributed by atoms with Crippen LogP contribution in [0, 0.1) is 111 Å². The topological polar surface area (TPSA) is 31.6 Å². The van der Waals surface area contributed by atoms with Crippen LogP contribution in [0.1, 0.15) is 89.0 Å². The minimum atomic E-state index is -0.227. The molecule has 22 rings (SSSR count). The molecule has 6 aliphatic rings. The van der Waals surface area contributed by atoms with Crippen molar-refractivity contribution in [1.82, 2.24) is 9.13 Å². The molecular formula is C100H83B3N6. The molecule has 109 heavy (non-hydrogen) atoms. The average molecular weight is 1400 g/mol. The van der Waals surface area contributed by atoms with Crippen molar-refractivity contribution in [2.75, 3.05) is 20.0 Å². The largest absolute Gasteiger partial charge is 0.356 e. The van der Waals surface area contributed by atoms with Crippen LogP contribution in [0.3, 0.4) is 0 Å². The summed E-state index contributed by atoms with van der Waals surface area (Å²) in [5, 5.41) is 9.48. The molecule has 0 spiro atoms. The highest BCUT2D eigenvalue weighted by Gasteiger charge is 2.51. The van der Waals surface area contributed by atoms with Crippen LogP contribution in [0.4, 0.5) is 62.6 Å². The van der Waals surface area contributed by atoms with E-state index in [0.29, 0.717) is 0 Å². The molecule has 0 bridgehead atoms. The van der Waals surface area contributed by atoms with Crippen LogP contribution < -0.4 is 69.2 Å². The van der Waals surface area contributed by atoms with Crippen molar-refractivity contribution >= 4 is 175 Å². The molecule has 2 aromatic heterocycles. The van der Waals surface area contributed by atoms with Crippen LogP contribution in [0.2, 0.25) is 0 Å². The van der Waals surface area contributed by atoms with E-state index < -0.39 is 0 Å². The van der Waals surface area contributed by atoms with Crippen molar-refractivity contribution in [2.45, 2.75) is 111 Å². The van der Waals surface area contributed by atoms with Gasteiger partial charge in [-0.15, -0.1) is 0 Å². The molecule has 1 N–H and O–H groups in total. The molecule has 0 atom stereocenters. The predicted molar refractivity (Wildman–Crippen MR) is 470 cm³/mol. The van der Waals surface area contributed by atoms with E-state index in [4.69, 9.17) is 0 Å². The minimum absolute atomic E-state index is 0.103. The van der Waals surface area contributed by atoms with E-state index in [2.05, 4.69) is 346 Å². The zero-order valence-electron chi connectivity index (χ0n) is 65.1. The Kier molecular flexibility index (Phi) is 13.2. The van der Waals surface area contributed by atoms with Gasteiger partial charge in [0, 0.05) is 89.5 Å². The Bertz CT molecular complexity index is 6840. The third kappa shape index (κ3) is 8.62. The lowest BCUT2D eigenvalue weighted by atomic mass is 9.29. The fourth-order valence-electron chi connectivity index (χ4n) is 22.7. The van der Waals surface area contributed by atoms with Gasteiger partial charge in [-0.2, -0.15) is 0 Å². The van der Waals surface area contributed by atoms with E-state index in [9.17, 15) is 0 Å². The van der Waals surface area contributed by atoms with Crippen LogP contribution in [-0.4, -0.2) is 29.3 Å². The molecule has 6 aliphatic heterocycles. The van der Waals surface area contributed by atoms with E-state index in [1.807, 2.05) is 0 Å². The number of aromatic nitrogens is 2. The van der Waals surface area contributed by atoms with Gasteiger partial charge in [-0.1, -0.05) is 173 Å². The van der Waals surface area contributed by atoms with Gasteiger partial charge in [0.1, 0.15) is 0 Å². The van der Waals surface area contributed by atoms with Crippen molar-refractivity contribution in [2.24, 2.45) is 0 Å². The van der Waals surface area contributed by atoms with Gasteiger partial charge in [0.2, 0.25) is 0 Å². The Balaban J connectivity index is 0.892. The first-order valence-electron chi connectivity index (χ1n) is 39.1. The summed E-state index contributed by atoms with van der Waals surface area (Å²) in [7, 11) is 0. The highest BCUT2D eigenvalue weighted by molar-refractivity contribution is 7.04. The highest BCUT2D eigenvalue weighted by atomic mass is 15.2. The molecule has 0 saturated heterocycles. The molecule has 0 saturated carbocycles. The molecule has 0 amide bonds. The van der Waals surface area contributed by atoms with Gasteiger partial charge in [0.15, 0.2) is 0 Å². The maximum atomic E-state index is 4.36. The number of hydrogen-bond acceptors (Lipinski definition) is 4. The van der Waals surface area contributed by atoms with Gasteiger partial charge in [-0.25, -0.2) is 0 Å². The number of benzene rings is 14. The number of para-hydroxylation sites is 4. The second-order valence-corrected chi connectivity index (χ2v) is 33.5. The van der Waals surface area contributed by atoms with Gasteiger partial charge in [-0.3, -0.25) is 0 Å². The van der Waals surface area contributed by atoms with Gasteiger partial charge in [0.05, 0.1) is 28.1 Å². The first-order valence-corrected chi connectivity index (χ1v) is 39.1. The predicted octanol–water partition coefficient (Wildman–Crippen LogP) is 19.7. The molecule has 522 valence electrons. The highest BCUT2D eigenvalue weighted by Crippen LogP contribution is 2.53. The smallest absolute Gasteiger partial charge is 0.252 e. The van der Waals surface area contributed by atoms with E-state index in [-0.39, 0.29) is 20.1 Å².